The van der Waals surface area contributed by atoms with E-state index in [1.54, 1.807) is 0 Å². The summed E-state index contributed by atoms with van der Waals surface area (Å²) < 4.78 is 1.90. The third-order valence-electron chi connectivity index (χ3n) is 4.20. The molecule has 0 aliphatic rings. The van der Waals surface area contributed by atoms with E-state index in [0.717, 1.165) is 46.2 Å². The molecular formula is C16H22N6. The van der Waals surface area contributed by atoms with E-state index < -0.39 is 0 Å². The lowest BCUT2D eigenvalue weighted by atomic mass is 10.2. The summed E-state index contributed by atoms with van der Waals surface area (Å²) in [5.74, 6) is 0.970. The number of nitrogens with zero attached hydrogens (tertiary/aromatic N) is 4. The predicted octanol–water partition coefficient (Wildman–Crippen LogP) is 2.86. The van der Waals surface area contributed by atoms with E-state index in [4.69, 9.17) is 4.98 Å². The highest BCUT2D eigenvalue weighted by molar-refractivity contribution is 5.56. The van der Waals surface area contributed by atoms with E-state index in [1.807, 2.05) is 25.3 Å². The zero-order valence-electron chi connectivity index (χ0n) is 13.8. The number of hydrogen-bond donors (Lipinski definition) is 2. The molecule has 3 rings (SSSR count). The van der Waals surface area contributed by atoms with Gasteiger partial charge in [-0.25, -0.2) is 4.98 Å². The summed E-state index contributed by atoms with van der Waals surface area (Å²) in [5.41, 5.74) is 7.47. The Bertz CT molecular complexity index is 807. The summed E-state index contributed by atoms with van der Waals surface area (Å²) in [6, 6.07) is 2.07. The van der Waals surface area contributed by atoms with Crippen LogP contribution >= 0.6 is 0 Å². The Labute approximate surface area is 130 Å². The summed E-state index contributed by atoms with van der Waals surface area (Å²) >= 11 is 0. The van der Waals surface area contributed by atoms with Crippen molar-refractivity contribution in [1.29, 1.82) is 0 Å². The van der Waals surface area contributed by atoms with Crippen LogP contribution in [0.4, 0.5) is 5.82 Å². The maximum atomic E-state index is 4.70. The van der Waals surface area contributed by atoms with Gasteiger partial charge >= 0.3 is 0 Å². The van der Waals surface area contributed by atoms with Crippen molar-refractivity contribution in [2.75, 3.05) is 5.32 Å². The van der Waals surface area contributed by atoms with Gasteiger partial charge in [0, 0.05) is 35.1 Å². The molecule has 0 aromatic carbocycles. The second-order valence-electron chi connectivity index (χ2n) is 5.70. The summed E-state index contributed by atoms with van der Waals surface area (Å²) in [6.45, 7) is 11.0. The minimum absolute atomic E-state index is 0.717. The minimum Gasteiger partial charge on any atom is -0.366 e. The fourth-order valence-corrected chi connectivity index (χ4v) is 2.60. The topological polar surface area (TPSA) is 70.9 Å². The molecule has 3 aromatic rings. The molecule has 0 radical (unpaired) electrons. The highest BCUT2D eigenvalue weighted by atomic mass is 15.3. The van der Waals surface area contributed by atoms with Crippen molar-refractivity contribution < 1.29 is 0 Å². The largest absolute Gasteiger partial charge is 0.366 e. The zero-order chi connectivity index (χ0) is 15.9. The van der Waals surface area contributed by atoms with Crippen LogP contribution in [0.5, 0.6) is 0 Å². The van der Waals surface area contributed by atoms with Crippen LogP contribution < -0.4 is 5.32 Å². The maximum Gasteiger partial charge on any atom is 0.160 e. The Hall–Kier alpha value is -2.37. The van der Waals surface area contributed by atoms with Gasteiger partial charge in [-0.05, 0) is 34.1 Å². The molecule has 116 valence electrons. The Kier molecular flexibility index (Phi) is 3.60. The van der Waals surface area contributed by atoms with Gasteiger partial charge in [0.2, 0.25) is 0 Å². The van der Waals surface area contributed by atoms with Gasteiger partial charge < -0.3 is 5.32 Å². The van der Waals surface area contributed by atoms with Gasteiger partial charge in [0.25, 0.3) is 0 Å². The molecule has 0 saturated carbocycles. The Morgan fingerprint density at radius 2 is 1.95 bits per heavy atom. The number of anilines is 1. The molecule has 22 heavy (non-hydrogen) atoms. The minimum atomic E-state index is 0.717. The van der Waals surface area contributed by atoms with Crippen LogP contribution in [-0.2, 0) is 13.0 Å². The quantitative estimate of drug-likeness (QED) is 0.777. The summed E-state index contributed by atoms with van der Waals surface area (Å²) in [6.07, 6.45) is 0.901. The maximum absolute atomic E-state index is 4.70. The molecule has 0 bridgehead atoms. The van der Waals surface area contributed by atoms with Gasteiger partial charge in [-0.1, -0.05) is 6.92 Å². The Morgan fingerprint density at radius 1 is 1.18 bits per heavy atom. The van der Waals surface area contributed by atoms with Crippen molar-refractivity contribution in [3.05, 3.63) is 40.0 Å². The van der Waals surface area contributed by atoms with Crippen LogP contribution in [0.15, 0.2) is 6.07 Å². The molecule has 0 atom stereocenters. The second kappa shape index (κ2) is 5.44. The van der Waals surface area contributed by atoms with Crippen LogP contribution in [0.2, 0.25) is 0 Å². The normalized spacial score (nSPS) is 11.3. The number of rotatable bonds is 4. The van der Waals surface area contributed by atoms with Crippen molar-refractivity contribution in [3.8, 4) is 0 Å². The van der Waals surface area contributed by atoms with E-state index in [1.165, 1.54) is 5.56 Å². The van der Waals surface area contributed by atoms with E-state index >= 15 is 0 Å². The monoisotopic (exact) mass is 298 g/mol. The number of aryl methyl sites for hydroxylation is 5. The van der Waals surface area contributed by atoms with Crippen molar-refractivity contribution in [2.45, 2.75) is 47.6 Å². The second-order valence-corrected chi connectivity index (χ2v) is 5.70. The van der Waals surface area contributed by atoms with Gasteiger partial charge in [-0.15, -0.1) is 0 Å². The van der Waals surface area contributed by atoms with E-state index in [0.29, 0.717) is 6.54 Å². The summed E-state index contributed by atoms with van der Waals surface area (Å²) in [4.78, 5) is 4.70. The van der Waals surface area contributed by atoms with Gasteiger partial charge in [0.15, 0.2) is 5.65 Å². The molecule has 0 unspecified atom stereocenters. The predicted molar refractivity (Wildman–Crippen MR) is 87.2 cm³/mol. The van der Waals surface area contributed by atoms with Gasteiger partial charge in [0.1, 0.15) is 5.82 Å². The molecule has 0 aliphatic heterocycles. The SMILES string of the molecule is CCc1cc(NCc2c(C)n[nH]c2C)n2nc(C)c(C)c2n1. The van der Waals surface area contributed by atoms with Crippen LogP contribution in [0.1, 0.15) is 40.8 Å². The number of aromatic amines is 1. The van der Waals surface area contributed by atoms with E-state index in [2.05, 4.69) is 40.5 Å². The Morgan fingerprint density at radius 3 is 2.59 bits per heavy atom. The molecule has 0 saturated heterocycles. The highest BCUT2D eigenvalue weighted by Gasteiger charge is 2.13. The molecule has 0 fully saturated rings. The number of hydrogen-bond acceptors (Lipinski definition) is 4. The lowest BCUT2D eigenvalue weighted by Crippen LogP contribution is -2.08. The third-order valence-corrected chi connectivity index (χ3v) is 4.20. The smallest absolute Gasteiger partial charge is 0.160 e. The van der Waals surface area contributed by atoms with E-state index in [9.17, 15) is 0 Å². The average molecular weight is 298 g/mol. The van der Waals surface area contributed by atoms with Gasteiger partial charge in [0.05, 0.1) is 11.4 Å². The van der Waals surface area contributed by atoms with Crippen molar-refractivity contribution in [2.24, 2.45) is 0 Å². The molecule has 0 aliphatic carbocycles. The van der Waals surface area contributed by atoms with Crippen LogP contribution in [0.25, 0.3) is 5.65 Å². The third kappa shape index (κ3) is 2.34. The fraction of sp³-hybridized carbons (Fsp3) is 0.438. The molecule has 6 heteroatoms. The Balaban J connectivity index is 2.01. The lowest BCUT2D eigenvalue weighted by molar-refractivity contribution is 0.887. The first-order valence-corrected chi connectivity index (χ1v) is 7.61. The molecule has 3 heterocycles. The standard InChI is InChI=1S/C16H22N6/c1-6-13-7-15(17-8-14-11(4)19-20-12(14)5)22-16(18-13)9(2)10(3)21-22/h7,17H,6,8H2,1-5H3,(H,19,20). The highest BCUT2D eigenvalue weighted by Crippen LogP contribution is 2.20. The summed E-state index contributed by atoms with van der Waals surface area (Å²) in [7, 11) is 0. The molecular weight excluding hydrogens is 276 g/mol. The van der Waals surface area contributed by atoms with Crippen molar-refractivity contribution >= 4 is 11.5 Å². The van der Waals surface area contributed by atoms with Gasteiger partial charge in [-0.3, -0.25) is 5.10 Å². The number of H-pyrrole nitrogens is 1. The van der Waals surface area contributed by atoms with Crippen LogP contribution in [0.3, 0.4) is 0 Å². The zero-order valence-corrected chi connectivity index (χ0v) is 13.8. The number of aromatic nitrogens is 5. The molecule has 3 aromatic heterocycles. The van der Waals surface area contributed by atoms with Crippen LogP contribution in [-0.4, -0.2) is 24.8 Å². The van der Waals surface area contributed by atoms with Crippen molar-refractivity contribution in [1.82, 2.24) is 24.8 Å². The number of fused-ring (bicyclic) bond motifs is 1. The summed E-state index contributed by atoms with van der Waals surface area (Å²) in [5, 5.41) is 15.4. The molecule has 0 amide bonds. The van der Waals surface area contributed by atoms with Gasteiger partial charge in [-0.2, -0.15) is 14.7 Å². The number of nitrogens with one attached hydrogen (secondary N) is 2. The lowest BCUT2D eigenvalue weighted by Gasteiger charge is -2.10. The first kappa shape index (κ1) is 14.6. The molecule has 6 nitrogen and oxygen atoms in total. The molecule has 0 spiro atoms. The van der Waals surface area contributed by atoms with Crippen LogP contribution in [0, 0.1) is 27.7 Å². The first-order valence-electron chi connectivity index (χ1n) is 7.61. The molecule has 2 N–H and O–H groups in total. The van der Waals surface area contributed by atoms with Crippen molar-refractivity contribution in [3.63, 3.8) is 0 Å². The first-order chi connectivity index (χ1) is 10.5. The fourth-order valence-electron chi connectivity index (χ4n) is 2.60. The van der Waals surface area contributed by atoms with E-state index in [-0.39, 0.29) is 0 Å². The average Bonchev–Trinajstić information content (AvgIpc) is 2.98.